The van der Waals surface area contributed by atoms with Crippen LogP contribution in [0.25, 0.3) is 22.2 Å². The van der Waals surface area contributed by atoms with Gasteiger partial charge in [-0.05, 0) is 45.7 Å². The van der Waals surface area contributed by atoms with Crippen LogP contribution in [0.15, 0.2) is 54.9 Å². The van der Waals surface area contributed by atoms with Crippen LogP contribution in [0.5, 0.6) is 5.75 Å². The first-order chi connectivity index (χ1) is 19.7. The van der Waals surface area contributed by atoms with Gasteiger partial charge in [0, 0.05) is 67.7 Å². The zero-order chi connectivity index (χ0) is 29.5. The number of para-hydroxylation sites is 1. The Kier molecular flexibility index (Phi) is 10.0. The molecule has 4 rings (SSSR count). The van der Waals surface area contributed by atoms with Gasteiger partial charge < -0.3 is 19.9 Å². The topological polar surface area (TPSA) is 105 Å². The molecular formula is C29H38N8O3S. The van der Waals surface area contributed by atoms with E-state index in [0.717, 1.165) is 48.2 Å². The number of hydrogen-bond donors (Lipinski definition) is 1. The number of nitrogens with one attached hydrogen (secondary N) is 1. The van der Waals surface area contributed by atoms with E-state index >= 15 is 0 Å². The Morgan fingerprint density at radius 1 is 1.10 bits per heavy atom. The van der Waals surface area contributed by atoms with Crippen LogP contribution in [-0.4, -0.2) is 82.5 Å². The van der Waals surface area contributed by atoms with Crippen molar-refractivity contribution in [3.8, 4) is 17.0 Å². The summed E-state index contributed by atoms with van der Waals surface area (Å²) in [6.07, 6.45) is 4.79. The minimum atomic E-state index is -0.366. The molecule has 0 spiro atoms. The first kappa shape index (κ1) is 30.1. The van der Waals surface area contributed by atoms with Crippen molar-refractivity contribution in [2.45, 2.75) is 20.3 Å². The highest BCUT2D eigenvalue weighted by molar-refractivity contribution is 7.95. The van der Waals surface area contributed by atoms with Gasteiger partial charge >= 0.3 is 0 Å². The molecule has 0 saturated carbocycles. The molecule has 2 heterocycles. The van der Waals surface area contributed by atoms with Crippen LogP contribution >= 0.6 is 12.1 Å². The van der Waals surface area contributed by atoms with Crippen molar-refractivity contribution in [3.63, 3.8) is 0 Å². The molecule has 41 heavy (non-hydrogen) atoms. The lowest BCUT2D eigenvalue weighted by atomic mass is 10.1. The van der Waals surface area contributed by atoms with Gasteiger partial charge in [0.05, 0.1) is 28.9 Å². The van der Waals surface area contributed by atoms with E-state index in [-0.39, 0.29) is 10.6 Å². The summed E-state index contributed by atoms with van der Waals surface area (Å²) in [4.78, 5) is 25.2. The number of likely N-dealkylation sites (N-methyl/N-ethyl adjacent to an activating group) is 2. The maximum absolute atomic E-state index is 12.1. The summed E-state index contributed by atoms with van der Waals surface area (Å²) in [5.74, 6) is 0.776. The highest BCUT2D eigenvalue weighted by Gasteiger charge is 2.23. The van der Waals surface area contributed by atoms with Crippen LogP contribution in [0, 0.1) is 10.1 Å². The molecule has 2 aromatic carbocycles. The fraction of sp³-hybridized carbons (Fsp3) is 0.379. The van der Waals surface area contributed by atoms with E-state index in [1.807, 2.05) is 48.5 Å². The number of aromatic nitrogens is 3. The van der Waals surface area contributed by atoms with E-state index in [1.54, 1.807) is 31.5 Å². The van der Waals surface area contributed by atoms with Crippen LogP contribution in [-0.2, 0) is 0 Å². The molecule has 0 aliphatic rings. The highest BCUT2D eigenvalue weighted by Crippen LogP contribution is 2.39. The van der Waals surface area contributed by atoms with Gasteiger partial charge in [-0.25, -0.2) is 14.3 Å². The summed E-state index contributed by atoms with van der Waals surface area (Å²) in [5, 5.41) is 16.4. The standard InChI is InChI=1S/C29H38N8O3S/c1-7-15-35(8-2)17-16-34(5)26-19-28(40-6)24(18-27(26)37(38)39)32-29-30-14-13-23(31-29)22-20-36(41-33(3)4)25-12-10-9-11-21(22)25/h9-14,18-20H,7-8,15-17H2,1-6H3,(H,30,31,32). The number of methoxy groups -OCH3 is 1. The van der Waals surface area contributed by atoms with Crippen molar-refractivity contribution in [2.24, 2.45) is 0 Å². The average Bonchev–Trinajstić information content (AvgIpc) is 3.32. The summed E-state index contributed by atoms with van der Waals surface area (Å²) >= 11 is 1.58. The van der Waals surface area contributed by atoms with E-state index in [0.29, 0.717) is 29.6 Å². The van der Waals surface area contributed by atoms with Crippen molar-refractivity contribution >= 4 is 46.0 Å². The maximum atomic E-state index is 12.1. The molecular weight excluding hydrogens is 540 g/mol. The number of fused-ring (bicyclic) bond motifs is 1. The molecule has 218 valence electrons. The van der Waals surface area contributed by atoms with Gasteiger partial charge in [-0.1, -0.05) is 32.0 Å². The number of ether oxygens (including phenoxy) is 1. The minimum absolute atomic E-state index is 0.0192. The lowest BCUT2D eigenvalue weighted by Crippen LogP contribution is -2.34. The van der Waals surface area contributed by atoms with Crippen LogP contribution in [0.2, 0.25) is 0 Å². The van der Waals surface area contributed by atoms with Crippen molar-refractivity contribution in [1.29, 1.82) is 0 Å². The minimum Gasteiger partial charge on any atom is -0.494 e. The molecule has 0 aliphatic carbocycles. The number of benzene rings is 2. The summed E-state index contributed by atoms with van der Waals surface area (Å²) in [7, 11) is 7.40. The molecule has 11 nitrogen and oxygen atoms in total. The lowest BCUT2D eigenvalue weighted by Gasteiger charge is -2.25. The molecule has 12 heteroatoms. The molecule has 0 aliphatic heterocycles. The summed E-state index contributed by atoms with van der Waals surface area (Å²) in [5.41, 5.74) is 3.65. The molecule has 1 N–H and O–H groups in total. The van der Waals surface area contributed by atoms with E-state index in [2.05, 4.69) is 51.4 Å². The Hall–Kier alpha value is -3.87. The molecule has 0 bridgehead atoms. The summed E-state index contributed by atoms with van der Waals surface area (Å²) < 4.78 is 9.78. The van der Waals surface area contributed by atoms with Gasteiger partial charge in [0.1, 0.15) is 11.4 Å². The van der Waals surface area contributed by atoms with Crippen LogP contribution in [0.1, 0.15) is 20.3 Å². The third-order valence-electron chi connectivity index (χ3n) is 6.75. The molecule has 0 fully saturated rings. The highest BCUT2D eigenvalue weighted by atomic mass is 32.2. The summed E-state index contributed by atoms with van der Waals surface area (Å²) in [6.45, 7) is 7.66. The Bertz CT molecular complexity index is 1490. The number of rotatable bonds is 14. The van der Waals surface area contributed by atoms with Gasteiger partial charge in [-0.2, -0.15) is 0 Å². The molecule has 4 aromatic rings. The first-order valence-corrected chi connectivity index (χ1v) is 14.3. The Morgan fingerprint density at radius 3 is 2.56 bits per heavy atom. The quantitative estimate of drug-likeness (QED) is 0.110. The molecule has 0 unspecified atom stereocenters. The monoisotopic (exact) mass is 578 g/mol. The van der Waals surface area contributed by atoms with Crippen LogP contribution < -0.4 is 15.0 Å². The van der Waals surface area contributed by atoms with Gasteiger partial charge in [0.25, 0.3) is 5.69 Å². The zero-order valence-electron chi connectivity index (χ0n) is 24.5. The average molecular weight is 579 g/mol. The summed E-state index contributed by atoms with van der Waals surface area (Å²) in [6, 6.07) is 13.2. The van der Waals surface area contributed by atoms with Gasteiger partial charge in [0.15, 0.2) is 0 Å². The fourth-order valence-electron chi connectivity index (χ4n) is 4.72. The fourth-order valence-corrected chi connectivity index (χ4v) is 5.47. The van der Waals surface area contributed by atoms with Gasteiger partial charge in [0.2, 0.25) is 5.95 Å². The number of nitro benzene ring substituents is 1. The second-order valence-corrected chi connectivity index (χ2v) is 11.1. The van der Waals surface area contributed by atoms with E-state index in [4.69, 9.17) is 9.72 Å². The lowest BCUT2D eigenvalue weighted by molar-refractivity contribution is -0.384. The van der Waals surface area contributed by atoms with E-state index in [1.165, 1.54) is 6.07 Å². The third kappa shape index (κ3) is 7.07. The first-order valence-electron chi connectivity index (χ1n) is 13.6. The van der Waals surface area contributed by atoms with Gasteiger partial charge in [-0.3, -0.25) is 14.1 Å². The Balaban J connectivity index is 1.65. The second kappa shape index (κ2) is 13.7. The molecule has 0 amide bonds. The number of hydrogen-bond acceptors (Lipinski definition) is 10. The predicted molar refractivity (Wildman–Crippen MR) is 168 cm³/mol. The second-order valence-electron chi connectivity index (χ2n) is 9.82. The number of nitrogens with zero attached hydrogens (tertiary/aromatic N) is 7. The van der Waals surface area contributed by atoms with Crippen molar-refractivity contribution in [2.75, 3.05) is 64.6 Å². The molecule has 0 radical (unpaired) electrons. The predicted octanol–water partition coefficient (Wildman–Crippen LogP) is 5.90. The van der Waals surface area contributed by atoms with Crippen LogP contribution in [0.4, 0.5) is 23.0 Å². The molecule has 2 aromatic heterocycles. The van der Waals surface area contributed by atoms with Crippen molar-refractivity contribution in [3.05, 3.63) is 65.0 Å². The van der Waals surface area contributed by atoms with E-state index < -0.39 is 0 Å². The normalized spacial score (nSPS) is 11.4. The largest absolute Gasteiger partial charge is 0.494 e. The van der Waals surface area contributed by atoms with Crippen LogP contribution in [0.3, 0.4) is 0 Å². The molecule has 0 saturated heterocycles. The Labute approximate surface area is 245 Å². The smallest absolute Gasteiger partial charge is 0.294 e. The van der Waals surface area contributed by atoms with E-state index in [9.17, 15) is 10.1 Å². The van der Waals surface area contributed by atoms with Gasteiger partial charge in [-0.15, -0.1) is 0 Å². The Morgan fingerprint density at radius 2 is 1.88 bits per heavy atom. The third-order valence-corrected chi connectivity index (χ3v) is 7.56. The van der Waals surface area contributed by atoms with Crippen molar-refractivity contribution < 1.29 is 9.66 Å². The number of anilines is 3. The van der Waals surface area contributed by atoms with Crippen molar-refractivity contribution in [1.82, 2.24) is 23.1 Å². The zero-order valence-corrected chi connectivity index (χ0v) is 25.3. The maximum Gasteiger partial charge on any atom is 0.294 e. The number of nitro groups is 1. The molecule has 0 atom stereocenters. The SMILES string of the molecule is CCCN(CC)CCN(C)c1cc(OC)c(Nc2nccc(-c3cn(SN(C)C)c4ccccc34)n2)cc1[N+](=O)[O-].